The molecular weight excluding hydrogens is 158 g/mol. The summed E-state index contributed by atoms with van der Waals surface area (Å²) >= 11 is 0. The summed E-state index contributed by atoms with van der Waals surface area (Å²) in [5.41, 5.74) is 0. The Balaban J connectivity index is 1.73. The molecule has 0 aromatic carbocycles. The van der Waals surface area contributed by atoms with Crippen LogP contribution in [0.15, 0.2) is 0 Å². The van der Waals surface area contributed by atoms with E-state index in [1.807, 2.05) is 0 Å². The third kappa shape index (κ3) is 1.32. The molecular formula is C12H22N+. The highest BCUT2D eigenvalue weighted by Gasteiger charge is 2.44. The van der Waals surface area contributed by atoms with Gasteiger partial charge in [0.25, 0.3) is 0 Å². The van der Waals surface area contributed by atoms with Crippen molar-refractivity contribution in [3.8, 4) is 0 Å². The van der Waals surface area contributed by atoms with Crippen LogP contribution in [0.4, 0.5) is 0 Å². The van der Waals surface area contributed by atoms with Gasteiger partial charge in [-0.25, -0.2) is 0 Å². The molecule has 74 valence electrons. The van der Waals surface area contributed by atoms with Crippen LogP contribution < -0.4 is 4.90 Å². The van der Waals surface area contributed by atoms with Gasteiger partial charge in [0.05, 0.1) is 20.1 Å². The number of quaternary nitrogens is 1. The molecule has 1 aliphatic heterocycles. The van der Waals surface area contributed by atoms with Crippen LogP contribution in [0.1, 0.15) is 32.1 Å². The van der Waals surface area contributed by atoms with Gasteiger partial charge < -0.3 is 4.90 Å². The Kier molecular flexibility index (Phi) is 1.90. The fraction of sp³-hybridized carbons (Fsp3) is 1.00. The number of rotatable bonds is 0. The maximum atomic E-state index is 2.38. The molecule has 1 nitrogen and oxygen atoms in total. The van der Waals surface area contributed by atoms with Gasteiger partial charge in [-0.1, -0.05) is 19.3 Å². The lowest BCUT2D eigenvalue weighted by atomic mass is 9.71. The van der Waals surface area contributed by atoms with Crippen LogP contribution in [0, 0.1) is 23.7 Å². The largest absolute Gasteiger partial charge is 0.337 e. The zero-order chi connectivity index (χ0) is 8.84. The van der Waals surface area contributed by atoms with Crippen LogP contribution in [0.5, 0.6) is 0 Å². The average molecular weight is 180 g/mol. The molecule has 0 aromatic heterocycles. The number of nitrogens with one attached hydrogen (secondary N) is 1. The topological polar surface area (TPSA) is 4.44 Å². The van der Waals surface area contributed by atoms with Crippen LogP contribution in [0.3, 0.4) is 0 Å². The number of hydrogen-bond donors (Lipinski definition) is 1. The van der Waals surface area contributed by atoms with E-state index in [2.05, 4.69) is 7.05 Å². The normalized spacial score (nSPS) is 54.7. The van der Waals surface area contributed by atoms with E-state index in [-0.39, 0.29) is 0 Å². The van der Waals surface area contributed by atoms with Gasteiger partial charge in [0, 0.05) is 11.8 Å². The Morgan fingerprint density at radius 3 is 1.92 bits per heavy atom. The van der Waals surface area contributed by atoms with E-state index in [1.54, 1.807) is 30.6 Å². The Bertz CT molecular complexity index is 181. The number of hydrogen-bond acceptors (Lipinski definition) is 0. The molecule has 0 radical (unpaired) electrons. The maximum absolute atomic E-state index is 2.38. The smallest absolute Gasteiger partial charge is 0.0802 e. The van der Waals surface area contributed by atoms with E-state index in [9.17, 15) is 0 Å². The highest BCUT2D eigenvalue weighted by Crippen LogP contribution is 2.46. The van der Waals surface area contributed by atoms with Crippen molar-refractivity contribution in [3.63, 3.8) is 0 Å². The molecule has 4 unspecified atom stereocenters. The van der Waals surface area contributed by atoms with Crippen molar-refractivity contribution >= 4 is 0 Å². The first-order chi connectivity index (χ1) is 6.33. The molecule has 1 heterocycles. The molecule has 13 heavy (non-hydrogen) atoms. The predicted octanol–water partition coefficient (Wildman–Crippen LogP) is 0.957. The molecule has 0 aromatic rings. The van der Waals surface area contributed by atoms with Crippen LogP contribution in [0.2, 0.25) is 0 Å². The van der Waals surface area contributed by atoms with Gasteiger partial charge in [-0.15, -0.1) is 0 Å². The van der Waals surface area contributed by atoms with Crippen LogP contribution in [0.25, 0.3) is 0 Å². The summed E-state index contributed by atoms with van der Waals surface area (Å²) in [6.45, 7) is 2.96. The predicted molar refractivity (Wildman–Crippen MR) is 53.7 cm³/mol. The molecule has 1 N–H and O–H groups in total. The first-order valence-corrected chi connectivity index (χ1v) is 6.14. The molecule has 0 spiro atoms. The first-order valence-electron chi connectivity index (χ1n) is 6.14. The highest BCUT2D eigenvalue weighted by molar-refractivity contribution is 4.90. The second kappa shape index (κ2) is 2.98. The molecule has 1 saturated heterocycles. The molecule has 1 heteroatoms. The summed E-state index contributed by atoms with van der Waals surface area (Å²) in [6, 6.07) is 0. The van der Waals surface area contributed by atoms with Crippen LogP contribution in [-0.4, -0.2) is 20.1 Å². The lowest BCUT2D eigenvalue weighted by Gasteiger charge is -2.32. The van der Waals surface area contributed by atoms with Crippen LogP contribution in [-0.2, 0) is 0 Å². The van der Waals surface area contributed by atoms with Gasteiger partial charge in [0.15, 0.2) is 0 Å². The average Bonchev–Trinajstić information content (AvgIpc) is 2.63. The zero-order valence-corrected chi connectivity index (χ0v) is 8.76. The zero-order valence-electron chi connectivity index (χ0n) is 8.76. The Hall–Kier alpha value is -0.0400. The fourth-order valence-corrected chi connectivity index (χ4v) is 4.38. The summed E-state index contributed by atoms with van der Waals surface area (Å²) in [4.78, 5) is 1.80. The summed E-state index contributed by atoms with van der Waals surface area (Å²) in [5.74, 6) is 4.51. The molecule has 3 fully saturated rings. The van der Waals surface area contributed by atoms with E-state index in [0.717, 1.165) is 23.7 Å². The summed E-state index contributed by atoms with van der Waals surface area (Å²) in [5, 5.41) is 0. The molecule has 2 aliphatic carbocycles. The Morgan fingerprint density at radius 2 is 1.38 bits per heavy atom. The minimum atomic E-state index is 1.11. The van der Waals surface area contributed by atoms with Gasteiger partial charge >= 0.3 is 0 Å². The van der Waals surface area contributed by atoms with Crippen molar-refractivity contribution in [2.45, 2.75) is 32.1 Å². The summed E-state index contributed by atoms with van der Waals surface area (Å²) in [7, 11) is 2.38. The summed E-state index contributed by atoms with van der Waals surface area (Å²) < 4.78 is 0. The monoisotopic (exact) mass is 180 g/mol. The van der Waals surface area contributed by atoms with Crippen molar-refractivity contribution in [1.82, 2.24) is 0 Å². The summed E-state index contributed by atoms with van der Waals surface area (Å²) in [6.07, 6.45) is 7.84. The maximum Gasteiger partial charge on any atom is 0.0802 e. The quantitative estimate of drug-likeness (QED) is 0.566. The van der Waals surface area contributed by atoms with Crippen molar-refractivity contribution in [3.05, 3.63) is 0 Å². The van der Waals surface area contributed by atoms with E-state index in [4.69, 9.17) is 0 Å². The van der Waals surface area contributed by atoms with Crippen molar-refractivity contribution in [1.29, 1.82) is 0 Å². The van der Waals surface area contributed by atoms with Crippen molar-refractivity contribution < 1.29 is 4.90 Å². The van der Waals surface area contributed by atoms with E-state index >= 15 is 0 Å². The van der Waals surface area contributed by atoms with Gasteiger partial charge in [-0.2, -0.15) is 0 Å². The van der Waals surface area contributed by atoms with E-state index < -0.39 is 0 Å². The Labute approximate surface area is 81.5 Å². The van der Waals surface area contributed by atoms with Crippen LogP contribution >= 0.6 is 0 Å². The van der Waals surface area contributed by atoms with Gasteiger partial charge in [-0.05, 0) is 24.7 Å². The molecule has 0 bridgehead atoms. The molecule has 3 aliphatic rings. The second-order valence-corrected chi connectivity index (χ2v) is 5.81. The molecule has 0 amide bonds. The van der Waals surface area contributed by atoms with Crippen molar-refractivity contribution in [2.75, 3.05) is 20.1 Å². The SMILES string of the molecule is C[NH+]1CC2CC3CCCC3CC2C1. The third-order valence-corrected chi connectivity index (χ3v) is 4.92. The fourth-order valence-electron chi connectivity index (χ4n) is 4.38. The standard InChI is InChI=1S/C12H21N/c1-13-7-11-5-9-3-2-4-10(9)6-12(11)8-13/h9-12H,2-8H2,1H3/p+1. The third-order valence-electron chi connectivity index (χ3n) is 4.92. The number of fused-ring (bicyclic) bond motifs is 2. The Morgan fingerprint density at radius 1 is 0.846 bits per heavy atom. The van der Waals surface area contributed by atoms with Gasteiger partial charge in [-0.3, -0.25) is 0 Å². The lowest BCUT2D eigenvalue weighted by Crippen LogP contribution is -3.07. The minimum absolute atomic E-state index is 1.11. The van der Waals surface area contributed by atoms with Gasteiger partial charge in [0.1, 0.15) is 0 Å². The molecule has 2 saturated carbocycles. The molecule has 3 rings (SSSR count). The van der Waals surface area contributed by atoms with E-state index in [1.165, 1.54) is 19.5 Å². The van der Waals surface area contributed by atoms with Gasteiger partial charge in [0.2, 0.25) is 0 Å². The molecule has 4 atom stereocenters. The lowest BCUT2D eigenvalue weighted by molar-refractivity contribution is -0.869. The first kappa shape index (κ1) is 8.28. The number of likely N-dealkylation sites (tertiary alicyclic amines) is 1. The minimum Gasteiger partial charge on any atom is -0.337 e. The second-order valence-electron chi connectivity index (χ2n) is 5.81. The highest BCUT2D eigenvalue weighted by atomic mass is 15.1. The van der Waals surface area contributed by atoms with E-state index in [0.29, 0.717) is 0 Å². The van der Waals surface area contributed by atoms with Crippen molar-refractivity contribution in [2.24, 2.45) is 23.7 Å².